The first-order valence-corrected chi connectivity index (χ1v) is 6.04. The van der Waals surface area contributed by atoms with E-state index in [-0.39, 0.29) is 0 Å². The molecule has 0 saturated carbocycles. The Hall–Kier alpha value is -1.94. The topological polar surface area (TPSA) is 47.0 Å². The van der Waals surface area contributed by atoms with Crippen LogP contribution in [0.3, 0.4) is 0 Å². The van der Waals surface area contributed by atoms with Crippen LogP contribution in [-0.2, 0) is 13.0 Å². The second kappa shape index (κ2) is 6.12. The van der Waals surface area contributed by atoms with Crippen LogP contribution in [0.2, 0.25) is 0 Å². The zero-order chi connectivity index (χ0) is 12.8. The highest BCUT2D eigenvalue weighted by atomic mass is 16.5. The Balaban J connectivity index is 2.09. The van der Waals surface area contributed by atoms with Crippen molar-refractivity contribution in [2.45, 2.75) is 19.9 Å². The van der Waals surface area contributed by atoms with Gasteiger partial charge in [-0.1, -0.05) is 19.1 Å². The van der Waals surface area contributed by atoms with E-state index in [9.17, 15) is 0 Å². The van der Waals surface area contributed by atoms with Crippen LogP contribution in [0.4, 0.5) is 0 Å². The van der Waals surface area contributed by atoms with Gasteiger partial charge in [0.2, 0.25) is 5.88 Å². The molecule has 0 atom stereocenters. The maximum atomic E-state index is 5.66. The van der Waals surface area contributed by atoms with Gasteiger partial charge in [-0.25, -0.2) is 4.98 Å². The smallest absolute Gasteiger partial charge is 0.238 e. The minimum atomic E-state index is 0.520. The Bertz CT molecular complexity index is 497. The SMILES string of the molecule is CCc1ccc(Oc2cncc(CNC)n2)cc1. The second-order valence-corrected chi connectivity index (χ2v) is 3.98. The number of hydrogen-bond donors (Lipinski definition) is 1. The Morgan fingerprint density at radius 2 is 1.94 bits per heavy atom. The quantitative estimate of drug-likeness (QED) is 0.876. The van der Waals surface area contributed by atoms with Crippen molar-refractivity contribution < 1.29 is 4.74 Å². The third-order valence-corrected chi connectivity index (χ3v) is 2.57. The molecule has 0 unspecified atom stereocenters. The van der Waals surface area contributed by atoms with Crippen LogP contribution >= 0.6 is 0 Å². The molecular formula is C14H17N3O. The van der Waals surface area contributed by atoms with Gasteiger partial charge >= 0.3 is 0 Å². The van der Waals surface area contributed by atoms with Crippen molar-refractivity contribution >= 4 is 0 Å². The molecule has 0 bridgehead atoms. The van der Waals surface area contributed by atoms with E-state index in [1.165, 1.54) is 5.56 Å². The molecule has 0 amide bonds. The summed E-state index contributed by atoms with van der Waals surface area (Å²) in [5.41, 5.74) is 2.15. The molecule has 4 heteroatoms. The lowest BCUT2D eigenvalue weighted by Gasteiger charge is -2.06. The molecule has 0 saturated heterocycles. The molecule has 1 heterocycles. The fraction of sp³-hybridized carbons (Fsp3) is 0.286. The largest absolute Gasteiger partial charge is 0.437 e. The number of nitrogens with zero attached hydrogens (tertiary/aromatic N) is 2. The average Bonchev–Trinajstić information content (AvgIpc) is 2.40. The predicted octanol–water partition coefficient (Wildman–Crippen LogP) is 2.55. The lowest BCUT2D eigenvalue weighted by molar-refractivity contribution is 0.456. The van der Waals surface area contributed by atoms with Gasteiger partial charge in [-0.3, -0.25) is 4.98 Å². The van der Waals surface area contributed by atoms with Crippen molar-refractivity contribution in [3.63, 3.8) is 0 Å². The maximum absolute atomic E-state index is 5.66. The van der Waals surface area contributed by atoms with Gasteiger partial charge in [-0.15, -0.1) is 0 Å². The van der Waals surface area contributed by atoms with Crippen molar-refractivity contribution in [1.29, 1.82) is 0 Å². The number of nitrogens with one attached hydrogen (secondary N) is 1. The molecule has 0 aliphatic rings. The highest BCUT2D eigenvalue weighted by molar-refractivity contribution is 5.30. The summed E-state index contributed by atoms with van der Waals surface area (Å²) in [7, 11) is 1.87. The van der Waals surface area contributed by atoms with E-state index in [0.29, 0.717) is 12.4 Å². The fourth-order valence-corrected chi connectivity index (χ4v) is 1.62. The molecule has 1 aromatic heterocycles. The molecule has 0 aliphatic carbocycles. The summed E-state index contributed by atoms with van der Waals surface area (Å²) in [6.07, 6.45) is 4.37. The summed E-state index contributed by atoms with van der Waals surface area (Å²) in [6.45, 7) is 2.81. The summed E-state index contributed by atoms with van der Waals surface area (Å²) >= 11 is 0. The summed E-state index contributed by atoms with van der Waals surface area (Å²) < 4.78 is 5.66. The predicted molar refractivity (Wildman–Crippen MR) is 70.7 cm³/mol. The normalized spacial score (nSPS) is 10.3. The van der Waals surface area contributed by atoms with E-state index in [1.54, 1.807) is 12.4 Å². The molecule has 0 radical (unpaired) electrons. The summed E-state index contributed by atoms with van der Waals surface area (Å²) in [5.74, 6) is 1.30. The summed E-state index contributed by atoms with van der Waals surface area (Å²) in [4.78, 5) is 8.46. The molecule has 1 N–H and O–H groups in total. The van der Waals surface area contributed by atoms with Gasteiger partial charge in [0.05, 0.1) is 11.9 Å². The first-order chi connectivity index (χ1) is 8.81. The number of rotatable bonds is 5. The van der Waals surface area contributed by atoms with Crippen molar-refractivity contribution in [3.8, 4) is 11.6 Å². The average molecular weight is 243 g/mol. The Morgan fingerprint density at radius 1 is 1.17 bits per heavy atom. The molecule has 1 aromatic carbocycles. The highest BCUT2D eigenvalue weighted by Crippen LogP contribution is 2.19. The highest BCUT2D eigenvalue weighted by Gasteiger charge is 2.01. The van der Waals surface area contributed by atoms with Gasteiger partial charge < -0.3 is 10.1 Å². The van der Waals surface area contributed by atoms with Gasteiger partial charge in [-0.2, -0.15) is 0 Å². The van der Waals surface area contributed by atoms with E-state index >= 15 is 0 Å². The molecule has 0 fully saturated rings. The lowest BCUT2D eigenvalue weighted by atomic mass is 10.2. The number of hydrogen-bond acceptors (Lipinski definition) is 4. The van der Waals surface area contributed by atoms with Gasteiger partial charge in [0.15, 0.2) is 0 Å². The van der Waals surface area contributed by atoms with E-state index < -0.39 is 0 Å². The summed E-state index contributed by atoms with van der Waals surface area (Å²) in [5, 5.41) is 3.03. The van der Waals surface area contributed by atoms with Gasteiger partial charge in [0.1, 0.15) is 5.75 Å². The minimum absolute atomic E-state index is 0.520. The fourth-order valence-electron chi connectivity index (χ4n) is 1.62. The zero-order valence-corrected chi connectivity index (χ0v) is 10.7. The van der Waals surface area contributed by atoms with E-state index in [2.05, 4.69) is 34.3 Å². The van der Waals surface area contributed by atoms with E-state index in [0.717, 1.165) is 17.9 Å². The molecule has 0 aliphatic heterocycles. The van der Waals surface area contributed by atoms with Crippen molar-refractivity contribution in [2.24, 2.45) is 0 Å². The van der Waals surface area contributed by atoms with Crippen LogP contribution in [0, 0.1) is 0 Å². The Labute approximate surface area is 107 Å². The lowest BCUT2D eigenvalue weighted by Crippen LogP contribution is -2.07. The molecule has 94 valence electrons. The molecular weight excluding hydrogens is 226 g/mol. The molecule has 0 spiro atoms. The summed E-state index contributed by atoms with van der Waals surface area (Å²) in [6, 6.07) is 8.01. The van der Waals surface area contributed by atoms with Gasteiger partial charge in [0.25, 0.3) is 0 Å². The van der Waals surface area contributed by atoms with E-state index in [4.69, 9.17) is 4.74 Å². The number of aromatic nitrogens is 2. The molecule has 2 rings (SSSR count). The van der Waals surface area contributed by atoms with Crippen LogP contribution in [0.15, 0.2) is 36.7 Å². The second-order valence-electron chi connectivity index (χ2n) is 3.98. The standard InChI is InChI=1S/C14H17N3O/c1-3-11-4-6-13(7-5-11)18-14-10-16-9-12(17-14)8-15-2/h4-7,9-10,15H,3,8H2,1-2H3. The zero-order valence-electron chi connectivity index (χ0n) is 10.7. The third kappa shape index (κ3) is 3.28. The van der Waals surface area contributed by atoms with Crippen LogP contribution in [-0.4, -0.2) is 17.0 Å². The molecule has 18 heavy (non-hydrogen) atoms. The van der Waals surface area contributed by atoms with Crippen LogP contribution in [0.1, 0.15) is 18.2 Å². The Kier molecular flexibility index (Phi) is 4.25. The third-order valence-electron chi connectivity index (χ3n) is 2.57. The Morgan fingerprint density at radius 3 is 2.61 bits per heavy atom. The number of ether oxygens (including phenoxy) is 1. The molecule has 2 aromatic rings. The maximum Gasteiger partial charge on any atom is 0.238 e. The van der Waals surface area contributed by atoms with Crippen molar-refractivity contribution in [1.82, 2.24) is 15.3 Å². The first-order valence-electron chi connectivity index (χ1n) is 6.04. The first kappa shape index (κ1) is 12.5. The minimum Gasteiger partial charge on any atom is -0.437 e. The number of aryl methyl sites for hydroxylation is 1. The van der Waals surface area contributed by atoms with Crippen LogP contribution in [0.5, 0.6) is 11.6 Å². The van der Waals surface area contributed by atoms with Crippen LogP contribution in [0.25, 0.3) is 0 Å². The van der Waals surface area contributed by atoms with Crippen molar-refractivity contribution in [3.05, 3.63) is 47.9 Å². The number of benzene rings is 1. The van der Waals surface area contributed by atoms with E-state index in [1.807, 2.05) is 19.2 Å². The molecule has 4 nitrogen and oxygen atoms in total. The van der Waals surface area contributed by atoms with Crippen LogP contribution < -0.4 is 10.1 Å². The van der Waals surface area contributed by atoms with Crippen molar-refractivity contribution in [2.75, 3.05) is 7.05 Å². The monoisotopic (exact) mass is 243 g/mol. The van der Waals surface area contributed by atoms with Gasteiger partial charge in [-0.05, 0) is 31.2 Å². The van der Waals surface area contributed by atoms with Gasteiger partial charge in [0, 0.05) is 12.7 Å².